The number of carbonyl (C=O) groups is 4. The molecule has 1 unspecified atom stereocenters. The highest BCUT2D eigenvalue weighted by molar-refractivity contribution is 5.99. The van der Waals surface area contributed by atoms with Gasteiger partial charge >= 0.3 is 0 Å². The van der Waals surface area contributed by atoms with E-state index in [0.717, 1.165) is 34.8 Å². The van der Waals surface area contributed by atoms with Crippen molar-refractivity contribution in [3.05, 3.63) is 0 Å². The van der Waals surface area contributed by atoms with Crippen LogP contribution in [0.3, 0.4) is 0 Å². The van der Waals surface area contributed by atoms with Gasteiger partial charge in [0.15, 0.2) is 29.2 Å². The van der Waals surface area contributed by atoms with Gasteiger partial charge in [-0.1, -0.05) is 0 Å². The zero-order chi connectivity index (χ0) is 19.7. The predicted octanol–water partition coefficient (Wildman–Crippen LogP) is -2.55. The Balaban J connectivity index is 3.69. The zero-order valence-electron chi connectivity index (χ0n) is 14.6. The maximum Gasteiger partial charge on any atom is 0.217 e. The summed E-state index contributed by atoms with van der Waals surface area (Å²) in [5.74, 6) is -3.69. The van der Waals surface area contributed by atoms with Crippen LogP contribution in [0.2, 0.25) is 0 Å². The van der Waals surface area contributed by atoms with Crippen LogP contribution in [0, 0.1) is 0 Å². The first-order valence-electron chi connectivity index (χ1n) is 7.46. The summed E-state index contributed by atoms with van der Waals surface area (Å²) in [5.41, 5.74) is -5.79. The maximum atomic E-state index is 12.2. The molecule has 10 heteroatoms. The monoisotopic (exact) mass is 361 g/mol. The molecule has 1 aliphatic heterocycles. The fraction of sp³-hybridized carbons (Fsp3) is 0.733. The Bertz CT molecular complexity index is 592. The van der Waals surface area contributed by atoms with Gasteiger partial charge in [-0.05, 0) is 20.8 Å². The predicted molar refractivity (Wildman–Crippen MR) is 81.2 cm³/mol. The molecule has 1 fully saturated rings. The first kappa shape index (κ1) is 21.3. The van der Waals surface area contributed by atoms with Gasteiger partial charge in [-0.3, -0.25) is 19.2 Å². The van der Waals surface area contributed by atoms with Gasteiger partial charge < -0.3 is 30.1 Å². The van der Waals surface area contributed by atoms with Crippen molar-refractivity contribution in [3.63, 3.8) is 0 Å². The minimum atomic E-state index is -2.91. The Morgan fingerprint density at radius 1 is 1.04 bits per heavy atom. The van der Waals surface area contributed by atoms with Crippen LogP contribution in [-0.2, 0) is 28.7 Å². The molecule has 0 aromatic rings. The second-order valence-corrected chi connectivity index (χ2v) is 6.05. The Labute approximate surface area is 144 Å². The van der Waals surface area contributed by atoms with Gasteiger partial charge in [-0.2, -0.15) is 0 Å². The van der Waals surface area contributed by atoms with Crippen molar-refractivity contribution < 1.29 is 44.0 Å². The van der Waals surface area contributed by atoms with Gasteiger partial charge in [0.2, 0.25) is 11.5 Å². The van der Waals surface area contributed by atoms with Gasteiger partial charge in [0.1, 0.15) is 12.2 Å². The molecular formula is C15H23NO9. The van der Waals surface area contributed by atoms with Crippen LogP contribution in [-0.4, -0.2) is 81.4 Å². The molecule has 0 bridgehead atoms. The number of nitrogens with one attached hydrogen (secondary N) is 1. The number of amides is 1. The van der Waals surface area contributed by atoms with E-state index in [4.69, 9.17) is 9.47 Å². The summed E-state index contributed by atoms with van der Waals surface area (Å²) in [6.07, 6.45) is -5.39. The van der Waals surface area contributed by atoms with E-state index in [1.807, 2.05) is 0 Å². The Morgan fingerprint density at radius 2 is 1.52 bits per heavy atom. The normalized spacial score (nSPS) is 36.4. The molecule has 0 aliphatic carbocycles. The number of aliphatic hydroxyl groups excluding tert-OH is 1. The van der Waals surface area contributed by atoms with E-state index in [9.17, 15) is 34.5 Å². The molecule has 1 aliphatic rings. The van der Waals surface area contributed by atoms with Crippen molar-refractivity contribution in [2.75, 3.05) is 7.11 Å². The van der Waals surface area contributed by atoms with E-state index in [-0.39, 0.29) is 0 Å². The van der Waals surface area contributed by atoms with Crippen molar-refractivity contribution >= 4 is 23.3 Å². The van der Waals surface area contributed by atoms with Gasteiger partial charge in [0.05, 0.1) is 6.04 Å². The largest absolute Gasteiger partial charge is 0.383 e. The third kappa shape index (κ3) is 3.23. The van der Waals surface area contributed by atoms with Gasteiger partial charge in [0.25, 0.3) is 0 Å². The van der Waals surface area contributed by atoms with Crippen molar-refractivity contribution in [1.29, 1.82) is 0 Å². The highest BCUT2D eigenvalue weighted by atomic mass is 16.7. The summed E-state index contributed by atoms with van der Waals surface area (Å²) >= 11 is 0. The lowest BCUT2D eigenvalue weighted by atomic mass is 9.67. The summed E-state index contributed by atoms with van der Waals surface area (Å²) in [6.45, 7) is 3.86. The van der Waals surface area contributed by atoms with Crippen LogP contribution < -0.4 is 5.32 Å². The second-order valence-electron chi connectivity index (χ2n) is 6.05. The quantitative estimate of drug-likeness (QED) is 0.399. The summed E-state index contributed by atoms with van der Waals surface area (Å²) in [4.78, 5) is 47.4. The van der Waals surface area contributed by atoms with E-state index in [1.54, 1.807) is 0 Å². The van der Waals surface area contributed by atoms with Crippen molar-refractivity contribution in [2.24, 2.45) is 0 Å². The maximum absolute atomic E-state index is 12.2. The summed E-state index contributed by atoms with van der Waals surface area (Å²) in [5, 5.41) is 34.1. The van der Waals surface area contributed by atoms with Crippen LogP contribution >= 0.6 is 0 Å². The molecule has 1 saturated heterocycles. The Hall–Kier alpha value is -1.72. The van der Waals surface area contributed by atoms with Crippen molar-refractivity contribution in [3.8, 4) is 0 Å². The number of carbonyl (C=O) groups excluding carboxylic acids is 4. The number of ketones is 3. The van der Waals surface area contributed by atoms with E-state index in [1.165, 1.54) is 0 Å². The minimum absolute atomic E-state index is 0.754. The van der Waals surface area contributed by atoms with E-state index in [2.05, 4.69) is 5.32 Å². The molecule has 1 rings (SSSR count). The summed E-state index contributed by atoms with van der Waals surface area (Å²) < 4.78 is 10.2. The van der Waals surface area contributed by atoms with Crippen molar-refractivity contribution in [1.82, 2.24) is 5.32 Å². The number of aliphatic hydroxyl groups is 3. The first-order chi connectivity index (χ1) is 11.3. The first-order valence-corrected chi connectivity index (χ1v) is 7.46. The summed E-state index contributed by atoms with van der Waals surface area (Å²) in [7, 11) is 1.04. The van der Waals surface area contributed by atoms with Crippen molar-refractivity contribution in [2.45, 2.75) is 63.4 Å². The SMILES string of the molecule is CO[C@H]1O[C@H](C(O)C(C)=O)[C@@H](NC(C)=O)[C@@](O)(C(C)=O)[C@]1(O)C(C)=O. The topological polar surface area (TPSA) is 159 Å². The third-order valence-corrected chi connectivity index (χ3v) is 4.36. The molecular weight excluding hydrogens is 338 g/mol. The average Bonchev–Trinajstić information content (AvgIpc) is 2.50. The average molecular weight is 361 g/mol. The number of hydrogen-bond acceptors (Lipinski definition) is 9. The standard InChI is InChI=1S/C15H23NO9/c1-6(17)10(21)11-12(16-9(4)20)14(22,7(2)18)15(23,8(3)19)13(24-5)25-11/h10-13,21-23H,1-5H3,(H,16,20)/t10?,11-,12-,13+,14+,15+/m1/s1. The molecule has 0 aromatic carbocycles. The van der Waals surface area contributed by atoms with E-state index >= 15 is 0 Å². The summed E-state index contributed by atoms with van der Waals surface area (Å²) in [6, 6.07) is -1.79. The van der Waals surface area contributed by atoms with Gasteiger partial charge in [0, 0.05) is 14.0 Å². The molecule has 0 aromatic heterocycles. The molecule has 0 spiro atoms. The number of methoxy groups -OCH3 is 1. The molecule has 0 saturated carbocycles. The van der Waals surface area contributed by atoms with Gasteiger partial charge in [-0.15, -0.1) is 0 Å². The number of Topliss-reactive ketones (excluding diaryl/α,β-unsaturated/α-hetero) is 3. The molecule has 0 radical (unpaired) electrons. The number of ether oxygens (including phenoxy) is 2. The molecule has 10 nitrogen and oxygen atoms in total. The lowest BCUT2D eigenvalue weighted by molar-refractivity contribution is -0.329. The number of rotatable bonds is 6. The minimum Gasteiger partial charge on any atom is -0.383 e. The highest BCUT2D eigenvalue weighted by Crippen LogP contribution is 2.41. The number of hydrogen-bond donors (Lipinski definition) is 4. The Morgan fingerprint density at radius 3 is 1.84 bits per heavy atom. The molecule has 1 heterocycles. The second kappa shape index (κ2) is 7.26. The van der Waals surface area contributed by atoms with E-state index in [0.29, 0.717) is 0 Å². The lowest BCUT2D eigenvalue weighted by Gasteiger charge is -2.54. The lowest BCUT2D eigenvalue weighted by Crippen LogP contribution is -2.83. The van der Waals surface area contributed by atoms with Crippen LogP contribution in [0.5, 0.6) is 0 Å². The molecule has 4 N–H and O–H groups in total. The molecule has 1 amide bonds. The Kier molecular flexibility index (Phi) is 6.19. The zero-order valence-corrected chi connectivity index (χ0v) is 14.6. The van der Waals surface area contributed by atoms with Gasteiger partial charge in [-0.25, -0.2) is 0 Å². The van der Waals surface area contributed by atoms with Crippen LogP contribution in [0.25, 0.3) is 0 Å². The fourth-order valence-corrected chi connectivity index (χ4v) is 3.02. The fourth-order valence-electron chi connectivity index (χ4n) is 3.02. The van der Waals surface area contributed by atoms with Crippen LogP contribution in [0.4, 0.5) is 0 Å². The molecule has 25 heavy (non-hydrogen) atoms. The smallest absolute Gasteiger partial charge is 0.217 e. The highest BCUT2D eigenvalue weighted by Gasteiger charge is 2.71. The molecule has 6 atom stereocenters. The van der Waals surface area contributed by atoms with Crippen LogP contribution in [0.1, 0.15) is 27.7 Å². The van der Waals surface area contributed by atoms with E-state index < -0.39 is 59.0 Å². The third-order valence-electron chi connectivity index (χ3n) is 4.36. The van der Waals surface area contributed by atoms with Crippen LogP contribution in [0.15, 0.2) is 0 Å². The molecule has 142 valence electrons.